The van der Waals surface area contributed by atoms with E-state index >= 15 is 0 Å². The first kappa shape index (κ1) is 19.6. The summed E-state index contributed by atoms with van der Waals surface area (Å²) in [6, 6.07) is 6.36. The maximum absolute atomic E-state index is 12.7. The van der Waals surface area contributed by atoms with Crippen LogP contribution in [0.25, 0.3) is 6.08 Å². The first-order valence-electron chi connectivity index (χ1n) is 9.12. The molecule has 0 aromatic heterocycles. The lowest BCUT2D eigenvalue weighted by atomic mass is 10.2. The van der Waals surface area contributed by atoms with E-state index in [1.165, 1.54) is 12.2 Å². The van der Waals surface area contributed by atoms with Crippen molar-refractivity contribution in [3.05, 3.63) is 35.9 Å². The molecule has 0 N–H and O–H groups in total. The lowest BCUT2D eigenvalue weighted by Crippen LogP contribution is -2.31. The molecule has 2 saturated heterocycles. The number of benzene rings is 1. The Morgan fingerprint density at radius 2 is 1.78 bits per heavy atom. The Hall–Kier alpha value is -2.19. The largest absolute Gasteiger partial charge is 0.463 e. The van der Waals surface area contributed by atoms with Gasteiger partial charge in [0, 0.05) is 25.6 Å². The fourth-order valence-electron chi connectivity index (χ4n) is 3.11. The van der Waals surface area contributed by atoms with Crippen molar-refractivity contribution < 1.29 is 27.5 Å². The van der Waals surface area contributed by atoms with Gasteiger partial charge in [-0.3, -0.25) is 0 Å². The summed E-state index contributed by atoms with van der Waals surface area (Å²) >= 11 is 0. The van der Waals surface area contributed by atoms with Gasteiger partial charge in [-0.25, -0.2) is 18.0 Å². The van der Waals surface area contributed by atoms with E-state index in [0.717, 1.165) is 25.7 Å². The molecular formula is C19H23NO6S. The van der Waals surface area contributed by atoms with Crippen molar-refractivity contribution in [1.29, 1.82) is 0 Å². The van der Waals surface area contributed by atoms with Crippen LogP contribution in [-0.4, -0.2) is 50.5 Å². The van der Waals surface area contributed by atoms with Gasteiger partial charge in [0.1, 0.15) is 0 Å². The summed E-state index contributed by atoms with van der Waals surface area (Å²) in [4.78, 5) is 23.3. The highest BCUT2D eigenvalue weighted by molar-refractivity contribution is 7.89. The molecule has 2 aliphatic heterocycles. The minimum Gasteiger partial charge on any atom is -0.463 e. The molecule has 0 spiro atoms. The molecule has 0 bridgehead atoms. The van der Waals surface area contributed by atoms with Gasteiger partial charge < -0.3 is 9.47 Å². The van der Waals surface area contributed by atoms with E-state index in [9.17, 15) is 18.0 Å². The maximum atomic E-state index is 12.7. The molecule has 2 fully saturated rings. The fourth-order valence-corrected chi connectivity index (χ4v) is 4.63. The van der Waals surface area contributed by atoms with Crippen molar-refractivity contribution in [2.75, 3.05) is 19.7 Å². The van der Waals surface area contributed by atoms with Gasteiger partial charge >= 0.3 is 11.9 Å². The van der Waals surface area contributed by atoms with Crippen LogP contribution >= 0.6 is 0 Å². The third kappa shape index (κ3) is 4.95. The molecule has 0 radical (unpaired) electrons. The average molecular weight is 393 g/mol. The second kappa shape index (κ2) is 8.67. The number of carbonyl (C=O) groups excluding carboxylic acids is 2. The highest BCUT2D eigenvalue weighted by atomic mass is 32.2. The lowest BCUT2D eigenvalue weighted by molar-refractivity contribution is -0.156. The number of hydrogen-bond donors (Lipinski definition) is 0. The summed E-state index contributed by atoms with van der Waals surface area (Å²) in [6.07, 6.45) is 6.14. The average Bonchev–Trinajstić information content (AvgIpc) is 2.89. The third-order valence-corrected chi connectivity index (χ3v) is 6.55. The van der Waals surface area contributed by atoms with E-state index in [4.69, 9.17) is 9.47 Å². The van der Waals surface area contributed by atoms with Crippen LogP contribution in [0.4, 0.5) is 0 Å². The predicted octanol–water partition coefficient (Wildman–Crippen LogP) is 2.12. The highest BCUT2D eigenvalue weighted by Gasteiger charge is 2.29. The quantitative estimate of drug-likeness (QED) is 0.562. The summed E-state index contributed by atoms with van der Waals surface area (Å²) < 4.78 is 36.8. The number of cyclic esters (lactones) is 1. The molecule has 1 atom stereocenters. The number of carbonyl (C=O) groups is 2. The van der Waals surface area contributed by atoms with Crippen molar-refractivity contribution in [2.24, 2.45) is 0 Å². The Morgan fingerprint density at radius 1 is 1.11 bits per heavy atom. The van der Waals surface area contributed by atoms with Crippen molar-refractivity contribution in [3.63, 3.8) is 0 Å². The van der Waals surface area contributed by atoms with E-state index in [-0.39, 0.29) is 11.5 Å². The van der Waals surface area contributed by atoms with Crippen molar-refractivity contribution in [1.82, 2.24) is 4.31 Å². The number of hydrogen-bond acceptors (Lipinski definition) is 6. The predicted molar refractivity (Wildman–Crippen MR) is 98.2 cm³/mol. The van der Waals surface area contributed by atoms with E-state index in [1.807, 2.05) is 0 Å². The van der Waals surface area contributed by atoms with Crippen LogP contribution in [-0.2, 0) is 29.1 Å². The van der Waals surface area contributed by atoms with E-state index < -0.39 is 28.1 Å². The van der Waals surface area contributed by atoms with Crippen LogP contribution in [0, 0.1) is 0 Å². The summed E-state index contributed by atoms with van der Waals surface area (Å²) in [5, 5.41) is 0. The minimum absolute atomic E-state index is 0.248. The molecule has 27 heavy (non-hydrogen) atoms. The number of sulfonamides is 1. The molecular weight excluding hydrogens is 370 g/mol. The number of esters is 2. The summed E-state index contributed by atoms with van der Waals surface area (Å²) in [5.41, 5.74) is 0.663. The summed E-state index contributed by atoms with van der Waals surface area (Å²) in [5.74, 6) is -1.17. The first-order valence-corrected chi connectivity index (χ1v) is 10.6. The molecule has 3 rings (SSSR count). The molecule has 0 amide bonds. The van der Waals surface area contributed by atoms with Gasteiger partial charge in [0.2, 0.25) is 16.1 Å². The molecule has 2 heterocycles. The van der Waals surface area contributed by atoms with E-state index in [1.54, 1.807) is 28.6 Å². The topological polar surface area (TPSA) is 90.0 Å². The van der Waals surface area contributed by atoms with Crippen molar-refractivity contribution >= 4 is 28.0 Å². The molecule has 8 heteroatoms. The van der Waals surface area contributed by atoms with Crippen molar-refractivity contribution in [2.45, 2.75) is 43.1 Å². The van der Waals surface area contributed by atoms with Crippen LogP contribution in [0.5, 0.6) is 0 Å². The second-order valence-corrected chi connectivity index (χ2v) is 8.54. The van der Waals surface area contributed by atoms with Crippen LogP contribution < -0.4 is 0 Å². The Labute approximate surface area is 159 Å². The zero-order chi connectivity index (χ0) is 19.3. The zero-order valence-electron chi connectivity index (χ0n) is 15.0. The standard InChI is InChI=1S/C19H23NO6S/c21-18(26-17-11-14-25-19(17)22)10-7-15-5-8-16(9-6-15)27(23,24)20-12-3-1-2-4-13-20/h5-10,17H,1-4,11-14H2/b10-7+/t17-/m0/s1. The zero-order valence-corrected chi connectivity index (χ0v) is 15.8. The van der Waals surface area contributed by atoms with Crippen molar-refractivity contribution in [3.8, 4) is 0 Å². The van der Waals surface area contributed by atoms with E-state index in [2.05, 4.69) is 0 Å². The van der Waals surface area contributed by atoms with Gasteiger partial charge in [-0.15, -0.1) is 0 Å². The fraction of sp³-hybridized carbons (Fsp3) is 0.474. The highest BCUT2D eigenvalue weighted by Crippen LogP contribution is 2.21. The number of rotatable bonds is 5. The summed E-state index contributed by atoms with van der Waals surface area (Å²) in [6.45, 7) is 1.37. The Morgan fingerprint density at radius 3 is 2.37 bits per heavy atom. The smallest absolute Gasteiger partial charge is 0.347 e. The summed E-state index contributed by atoms with van der Waals surface area (Å²) in [7, 11) is -3.49. The Bertz CT molecular complexity index is 807. The number of ether oxygens (including phenoxy) is 2. The molecule has 7 nitrogen and oxygen atoms in total. The van der Waals surface area contributed by atoms with Crippen LogP contribution in [0.3, 0.4) is 0 Å². The molecule has 0 aliphatic carbocycles. The minimum atomic E-state index is -3.49. The van der Waals surface area contributed by atoms with E-state index in [0.29, 0.717) is 25.1 Å². The molecule has 1 aromatic rings. The van der Waals surface area contributed by atoms with Crippen LogP contribution in [0.1, 0.15) is 37.7 Å². The monoisotopic (exact) mass is 393 g/mol. The van der Waals surface area contributed by atoms with Gasteiger partial charge in [-0.2, -0.15) is 4.31 Å². The lowest BCUT2D eigenvalue weighted by Gasteiger charge is -2.19. The van der Waals surface area contributed by atoms with Crippen LogP contribution in [0.15, 0.2) is 35.2 Å². The molecule has 1 aromatic carbocycles. The Balaban J connectivity index is 1.62. The SMILES string of the molecule is O=C(/C=C/c1ccc(S(=O)(=O)N2CCCCCC2)cc1)O[C@H]1CCOC1=O. The van der Waals surface area contributed by atoms with Gasteiger partial charge in [-0.05, 0) is 36.6 Å². The third-order valence-electron chi connectivity index (χ3n) is 4.64. The first-order chi connectivity index (χ1) is 13.0. The second-order valence-electron chi connectivity index (χ2n) is 6.60. The normalized spacial score (nSPS) is 21.8. The maximum Gasteiger partial charge on any atom is 0.347 e. The van der Waals surface area contributed by atoms with Gasteiger partial charge in [-0.1, -0.05) is 25.0 Å². The van der Waals surface area contributed by atoms with Crippen LogP contribution in [0.2, 0.25) is 0 Å². The molecule has 2 aliphatic rings. The van der Waals surface area contributed by atoms with Gasteiger partial charge in [0.25, 0.3) is 0 Å². The number of nitrogens with zero attached hydrogens (tertiary/aromatic N) is 1. The Kier molecular flexibility index (Phi) is 6.28. The van der Waals surface area contributed by atoms with Gasteiger partial charge in [0.05, 0.1) is 11.5 Å². The van der Waals surface area contributed by atoms with Gasteiger partial charge in [0.15, 0.2) is 0 Å². The molecule has 0 unspecified atom stereocenters. The molecule has 0 saturated carbocycles. The molecule has 146 valence electrons.